The fraction of sp³-hybridized carbons (Fsp3) is 0.357. The lowest BCUT2D eigenvalue weighted by atomic mass is 9.75. The van der Waals surface area contributed by atoms with E-state index in [-0.39, 0.29) is 40.9 Å². The number of halogens is 5. The zero-order valence-electron chi connectivity index (χ0n) is 19.2. The minimum atomic E-state index is -1.15. The number of rotatable bonds is 6. The van der Waals surface area contributed by atoms with E-state index < -0.39 is 29.1 Å². The van der Waals surface area contributed by atoms with Gasteiger partial charge in [-0.25, -0.2) is 17.6 Å². The van der Waals surface area contributed by atoms with Crippen LogP contribution in [-0.2, 0) is 0 Å². The average Bonchev–Trinajstić information content (AvgIpc) is 2.84. The van der Waals surface area contributed by atoms with Gasteiger partial charge in [0.2, 0.25) is 5.82 Å². The van der Waals surface area contributed by atoms with Crippen molar-refractivity contribution in [1.29, 1.82) is 0 Å². The number of benzene rings is 3. The van der Waals surface area contributed by atoms with Crippen LogP contribution in [0.3, 0.4) is 0 Å². The molecule has 0 radical (unpaired) electrons. The van der Waals surface area contributed by atoms with Crippen LogP contribution in [0.2, 0.25) is 0 Å². The largest absolute Gasteiger partial charge is 0.490 e. The zero-order chi connectivity index (χ0) is 24.4. The number of aryl methyl sites for hydroxylation is 1. The van der Waals surface area contributed by atoms with Gasteiger partial charge in [0.25, 0.3) is 0 Å². The molecule has 3 aromatic rings. The van der Waals surface area contributed by atoms with Crippen LogP contribution in [0, 0.1) is 36.0 Å². The molecule has 0 atom stereocenters. The van der Waals surface area contributed by atoms with Gasteiger partial charge in [-0.2, -0.15) is 4.39 Å². The van der Waals surface area contributed by atoms with E-state index in [1.165, 1.54) is 31.2 Å². The van der Waals surface area contributed by atoms with Crippen LogP contribution in [0.1, 0.15) is 67.6 Å². The van der Waals surface area contributed by atoms with Crippen LogP contribution in [-0.4, -0.2) is 6.61 Å². The van der Waals surface area contributed by atoms with Gasteiger partial charge in [-0.15, -0.1) is 0 Å². The van der Waals surface area contributed by atoms with Gasteiger partial charge >= 0.3 is 0 Å². The Hall–Kier alpha value is -2.89. The fourth-order valence-corrected chi connectivity index (χ4v) is 4.78. The summed E-state index contributed by atoms with van der Waals surface area (Å²) in [5.41, 5.74) is 1.26. The molecular weight excluding hydrogens is 447 g/mol. The Bertz CT molecular complexity index is 1180. The van der Waals surface area contributed by atoms with Crippen molar-refractivity contribution >= 4 is 0 Å². The summed E-state index contributed by atoms with van der Waals surface area (Å²) < 4.78 is 77.5. The van der Waals surface area contributed by atoms with Gasteiger partial charge in [0.1, 0.15) is 5.82 Å². The smallest absolute Gasteiger partial charge is 0.201 e. The van der Waals surface area contributed by atoms with Crippen LogP contribution in [0.15, 0.2) is 42.5 Å². The summed E-state index contributed by atoms with van der Waals surface area (Å²) in [6, 6.07) is 10.4. The fourth-order valence-electron chi connectivity index (χ4n) is 4.78. The lowest BCUT2D eigenvalue weighted by molar-refractivity contribution is 0.295. The molecule has 3 aromatic carbocycles. The number of hydrogen-bond acceptors (Lipinski definition) is 1. The Morgan fingerprint density at radius 3 is 2.09 bits per heavy atom. The third-order valence-corrected chi connectivity index (χ3v) is 6.74. The highest BCUT2D eigenvalue weighted by molar-refractivity contribution is 5.66. The number of hydrogen-bond donors (Lipinski definition) is 0. The highest BCUT2D eigenvalue weighted by atomic mass is 19.2. The molecule has 0 bridgehead atoms. The van der Waals surface area contributed by atoms with Gasteiger partial charge in [-0.1, -0.05) is 31.2 Å². The van der Waals surface area contributed by atoms with E-state index in [4.69, 9.17) is 4.74 Å². The third kappa shape index (κ3) is 4.68. The van der Waals surface area contributed by atoms with Crippen molar-refractivity contribution in [2.75, 3.05) is 6.61 Å². The third-order valence-electron chi connectivity index (χ3n) is 6.74. The van der Waals surface area contributed by atoms with Gasteiger partial charge in [-0.05, 0) is 85.8 Å². The first-order valence-electron chi connectivity index (χ1n) is 11.7. The summed E-state index contributed by atoms with van der Waals surface area (Å²) in [7, 11) is 0. The molecular formula is C28H27F5O. The van der Waals surface area contributed by atoms with Gasteiger partial charge < -0.3 is 4.74 Å². The Morgan fingerprint density at radius 2 is 1.41 bits per heavy atom. The van der Waals surface area contributed by atoms with Gasteiger partial charge in [0, 0.05) is 11.1 Å². The molecule has 0 spiro atoms. The SMILES string of the molecule is CCCOc1ccc(-c2ccc(C3CCC(c4ccc(C)c(F)c4F)CC3)cc2F)c(F)c1F. The van der Waals surface area contributed by atoms with Crippen molar-refractivity contribution in [2.24, 2.45) is 0 Å². The molecule has 0 aliphatic heterocycles. The maximum atomic E-state index is 15.0. The summed E-state index contributed by atoms with van der Waals surface area (Å²) in [6.45, 7) is 3.64. The minimum Gasteiger partial charge on any atom is -0.490 e. The zero-order valence-corrected chi connectivity index (χ0v) is 19.2. The first-order valence-corrected chi connectivity index (χ1v) is 11.7. The second kappa shape index (κ2) is 10.2. The van der Waals surface area contributed by atoms with Gasteiger partial charge in [-0.3, -0.25) is 0 Å². The Morgan fingerprint density at radius 1 is 0.735 bits per heavy atom. The normalized spacial score (nSPS) is 18.2. The van der Waals surface area contributed by atoms with Crippen LogP contribution in [0.4, 0.5) is 22.0 Å². The average molecular weight is 475 g/mol. The van der Waals surface area contributed by atoms with Gasteiger partial charge in [0.15, 0.2) is 23.2 Å². The first kappa shape index (κ1) is 24.2. The molecule has 180 valence electrons. The Kier molecular flexibility index (Phi) is 7.24. The van der Waals surface area contributed by atoms with Crippen molar-refractivity contribution < 1.29 is 26.7 Å². The summed E-state index contributed by atoms with van der Waals surface area (Å²) in [4.78, 5) is 0. The van der Waals surface area contributed by atoms with E-state index in [1.54, 1.807) is 18.2 Å². The van der Waals surface area contributed by atoms with E-state index in [1.807, 2.05) is 6.92 Å². The summed E-state index contributed by atoms with van der Waals surface area (Å²) in [6.07, 6.45) is 3.37. The highest BCUT2D eigenvalue weighted by Crippen LogP contribution is 2.42. The molecule has 0 aromatic heterocycles. The molecule has 0 heterocycles. The molecule has 4 rings (SSSR count). The number of ether oxygens (including phenoxy) is 1. The minimum absolute atomic E-state index is 0.0203. The maximum Gasteiger partial charge on any atom is 0.201 e. The maximum absolute atomic E-state index is 15.0. The van der Waals surface area contributed by atoms with E-state index in [0.717, 1.165) is 5.56 Å². The molecule has 0 amide bonds. The predicted molar refractivity (Wildman–Crippen MR) is 123 cm³/mol. The van der Waals surface area contributed by atoms with Gasteiger partial charge in [0.05, 0.1) is 6.61 Å². The lowest BCUT2D eigenvalue weighted by Gasteiger charge is -2.29. The molecule has 1 saturated carbocycles. The van der Waals surface area contributed by atoms with Crippen molar-refractivity contribution in [3.63, 3.8) is 0 Å². The van der Waals surface area contributed by atoms with E-state index in [9.17, 15) is 22.0 Å². The Labute approximate surface area is 196 Å². The first-order chi connectivity index (χ1) is 16.3. The predicted octanol–water partition coefficient (Wildman–Crippen LogP) is 8.59. The van der Waals surface area contributed by atoms with E-state index >= 15 is 0 Å². The summed E-state index contributed by atoms with van der Waals surface area (Å²) >= 11 is 0. The molecule has 6 heteroatoms. The molecule has 1 aliphatic carbocycles. The summed E-state index contributed by atoms with van der Waals surface area (Å²) in [5.74, 6) is -4.70. The molecule has 34 heavy (non-hydrogen) atoms. The van der Waals surface area contributed by atoms with Crippen LogP contribution >= 0.6 is 0 Å². The standard InChI is InChI=1S/C28H27F5O/c1-3-14-34-24-13-12-22(27(32)28(24)33)21-11-9-19(15-23(21)29)17-5-7-18(8-6-17)20-10-4-16(2)25(30)26(20)31/h4,9-13,15,17-18H,3,5-8,14H2,1-2H3. The topological polar surface area (TPSA) is 9.23 Å². The quantitative estimate of drug-likeness (QED) is 0.325. The molecule has 1 nitrogen and oxygen atoms in total. The molecule has 1 aliphatic rings. The van der Waals surface area contributed by atoms with Crippen LogP contribution in [0.25, 0.3) is 11.1 Å². The summed E-state index contributed by atoms with van der Waals surface area (Å²) in [5, 5.41) is 0. The van der Waals surface area contributed by atoms with Crippen molar-refractivity contribution in [3.8, 4) is 16.9 Å². The van der Waals surface area contributed by atoms with Crippen molar-refractivity contribution in [1.82, 2.24) is 0 Å². The monoisotopic (exact) mass is 474 g/mol. The van der Waals surface area contributed by atoms with Crippen LogP contribution in [0.5, 0.6) is 5.75 Å². The van der Waals surface area contributed by atoms with Crippen molar-refractivity contribution in [3.05, 3.63) is 88.2 Å². The Balaban J connectivity index is 1.49. The molecule has 0 N–H and O–H groups in total. The van der Waals surface area contributed by atoms with Crippen molar-refractivity contribution in [2.45, 2.75) is 57.8 Å². The molecule has 0 unspecified atom stereocenters. The van der Waals surface area contributed by atoms with Crippen LogP contribution < -0.4 is 4.74 Å². The molecule has 0 saturated heterocycles. The second-order valence-electron chi connectivity index (χ2n) is 8.98. The van der Waals surface area contributed by atoms with E-state index in [0.29, 0.717) is 37.7 Å². The highest BCUT2D eigenvalue weighted by Gasteiger charge is 2.27. The van der Waals surface area contributed by atoms with E-state index in [2.05, 4.69) is 0 Å². The lowest BCUT2D eigenvalue weighted by Crippen LogP contribution is -2.14. The second-order valence-corrected chi connectivity index (χ2v) is 8.98. The molecule has 1 fully saturated rings.